The lowest BCUT2D eigenvalue weighted by atomic mass is 9.72. The average molecular weight is 268 g/mol. The van der Waals surface area contributed by atoms with E-state index in [0.29, 0.717) is 0 Å². The number of carbonyl (C=O) groups excluding carboxylic acids is 1. The van der Waals surface area contributed by atoms with Crippen LogP contribution in [0.15, 0.2) is 0 Å². The van der Waals surface area contributed by atoms with Gasteiger partial charge in [-0.2, -0.15) is 13.2 Å². The van der Waals surface area contributed by atoms with Crippen molar-refractivity contribution >= 4 is 5.97 Å². The van der Waals surface area contributed by atoms with Crippen LogP contribution in [0.1, 0.15) is 46.5 Å². The Kier molecular flexibility index (Phi) is 4.00. The van der Waals surface area contributed by atoms with Crippen LogP contribution in [0.4, 0.5) is 13.2 Å². The zero-order chi connectivity index (χ0) is 14.2. The monoisotopic (exact) mass is 268 g/mol. The minimum atomic E-state index is -4.64. The Labute approximate surface area is 104 Å². The van der Waals surface area contributed by atoms with Crippen LogP contribution in [0.2, 0.25) is 0 Å². The van der Waals surface area contributed by atoms with Gasteiger partial charge < -0.3 is 9.84 Å². The Morgan fingerprint density at radius 1 is 1.22 bits per heavy atom. The third-order valence-electron chi connectivity index (χ3n) is 3.14. The summed E-state index contributed by atoms with van der Waals surface area (Å²) in [4.78, 5) is 11.9. The zero-order valence-electron chi connectivity index (χ0n) is 10.8. The molecule has 0 saturated heterocycles. The fraction of sp³-hybridized carbons (Fsp3) is 0.917. The normalized spacial score (nSPS) is 30.1. The third-order valence-corrected chi connectivity index (χ3v) is 3.14. The standard InChI is InChI=1S/C12H19F3O3/c1-10(2,3)18-9(17)11(12(13,14)15)6-4-8(16)5-7-11/h8,16H,4-7H2,1-3H3/t8-,11-. The van der Waals surface area contributed by atoms with Gasteiger partial charge in [0, 0.05) is 0 Å². The molecule has 1 N–H and O–H groups in total. The van der Waals surface area contributed by atoms with E-state index in [-0.39, 0.29) is 12.8 Å². The largest absolute Gasteiger partial charge is 0.459 e. The highest BCUT2D eigenvalue weighted by Crippen LogP contribution is 2.50. The summed E-state index contributed by atoms with van der Waals surface area (Å²) < 4.78 is 44.4. The van der Waals surface area contributed by atoms with Crippen LogP contribution in [-0.4, -0.2) is 29.0 Å². The van der Waals surface area contributed by atoms with Gasteiger partial charge in [-0.1, -0.05) is 0 Å². The number of halogens is 3. The fourth-order valence-electron chi connectivity index (χ4n) is 2.07. The number of alkyl halides is 3. The van der Waals surface area contributed by atoms with Gasteiger partial charge in [0.05, 0.1) is 6.10 Å². The first-order valence-corrected chi connectivity index (χ1v) is 5.96. The van der Waals surface area contributed by atoms with E-state index in [1.807, 2.05) is 0 Å². The molecule has 18 heavy (non-hydrogen) atoms. The molecule has 0 spiro atoms. The highest BCUT2D eigenvalue weighted by Gasteiger charge is 2.62. The third kappa shape index (κ3) is 3.16. The number of hydrogen-bond donors (Lipinski definition) is 1. The highest BCUT2D eigenvalue weighted by atomic mass is 19.4. The van der Waals surface area contributed by atoms with Crippen molar-refractivity contribution in [2.24, 2.45) is 5.41 Å². The molecule has 0 aromatic carbocycles. The summed E-state index contributed by atoms with van der Waals surface area (Å²) in [5, 5.41) is 9.30. The van der Waals surface area contributed by atoms with Crippen LogP contribution in [-0.2, 0) is 9.53 Å². The molecule has 0 aliphatic heterocycles. The second-order valence-electron chi connectivity index (χ2n) is 5.81. The van der Waals surface area contributed by atoms with Gasteiger partial charge in [0.15, 0.2) is 5.41 Å². The molecule has 0 unspecified atom stereocenters. The summed E-state index contributed by atoms with van der Waals surface area (Å²) in [5.41, 5.74) is -3.41. The van der Waals surface area contributed by atoms with Crippen LogP contribution in [0, 0.1) is 5.41 Å². The molecule has 106 valence electrons. The molecular formula is C12H19F3O3. The van der Waals surface area contributed by atoms with E-state index in [2.05, 4.69) is 0 Å². The van der Waals surface area contributed by atoms with E-state index in [0.717, 1.165) is 0 Å². The lowest BCUT2D eigenvalue weighted by Gasteiger charge is -2.39. The molecule has 0 radical (unpaired) electrons. The zero-order valence-corrected chi connectivity index (χ0v) is 10.8. The van der Waals surface area contributed by atoms with Crippen molar-refractivity contribution in [1.29, 1.82) is 0 Å². The lowest BCUT2D eigenvalue weighted by Crippen LogP contribution is -2.50. The maximum Gasteiger partial charge on any atom is 0.404 e. The highest BCUT2D eigenvalue weighted by molar-refractivity contribution is 5.78. The number of ether oxygens (including phenoxy) is 1. The minimum absolute atomic E-state index is 0.0290. The molecule has 1 fully saturated rings. The Balaban J connectivity index is 2.96. The summed E-state index contributed by atoms with van der Waals surface area (Å²) in [5.74, 6) is -1.23. The van der Waals surface area contributed by atoms with E-state index < -0.39 is 42.1 Å². The molecular weight excluding hydrogens is 249 g/mol. The molecule has 1 saturated carbocycles. The van der Waals surface area contributed by atoms with Gasteiger partial charge in [-0.05, 0) is 46.5 Å². The molecule has 3 nitrogen and oxygen atoms in total. The van der Waals surface area contributed by atoms with Gasteiger partial charge in [-0.15, -0.1) is 0 Å². The Morgan fingerprint density at radius 2 is 1.67 bits per heavy atom. The second kappa shape index (κ2) is 4.72. The van der Waals surface area contributed by atoms with E-state index >= 15 is 0 Å². The number of aliphatic hydroxyl groups excluding tert-OH is 1. The number of rotatable bonds is 1. The van der Waals surface area contributed by atoms with E-state index in [1.54, 1.807) is 0 Å². The van der Waals surface area contributed by atoms with Crippen molar-refractivity contribution in [3.05, 3.63) is 0 Å². The first-order chi connectivity index (χ1) is 7.98. The maximum atomic E-state index is 13.2. The topological polar surface area (TPSA) is 46.5 Å². The Morgan fingerprint density at radius 3 is 2.00 bits per heavy atom. The summed E-state index contributed by atoms with van der Waals surface area (Å²) in [6.45, 7) is 4.60. The molecule has 0 heterocycles. The van der Waals surface area contributed by atoms with E-state index in [4.69, 9.17) is 4.74 Å². The molecule has 1 aliphatic rings. The maximum absolute atomic E-state index is 13.2. The van der Waals surface area contributed by atoms with Gasteiger partial charge in [-0.25, -0.2) is 0 Å². The first kappa shape index (κ1) is 15.3. The van der Waals surface area contributed by atoms with Crippen LogP contribution in [0.3, 0.4) is 0 Å². The molecule has 0 bridgehead atoms. The summed E-state index contributed by atoms with van der Waals surface area (Å²) in [6.07, 6.45) is -6.28. The van der Waals surface area contributed by atoms with Gasteiger partial charge in [-0.3, -0.25) is 4.79 Å². The van der Waals surface area contributed by atoms with E-state index in [1.165, 1.54) is 20.8 Å². The molecule has 1 aliphatic carbocycles. The molecule has 0 aromatic heterocycles. The summed E-state index contributed by atoms with van der Waals surface area (Å²) in [6, 6.07) is 0. The van der Waals surface area contributed by atoms with Gasteiger partial charge in [0.1, 0.15) is 5.60 Å². The molecule has 6 heteroatoms. The van der Waals surface area contributed by atoms with Crippen LogP contribution in [0.25, 0.3) is 0 Å². The quantitative estimate of drug-likeness (QED) is 0.744. The fourth-order valence-corrected chi connectivity index (χ4v) is 2.07. The van der Waals surface area contributed by atoms with Crippen molar-refractivity contribution in [2.45, 2.75) is 64.3 Å². The average Bonchev–Trinajstić information content (AvgIpc) is 2.14. The molecule has 0 amide bonds. The first-order valence-electron chi connectivity index (χ1n) is 5.96. The van der Waals surface area contributed by atoms with Gasteiger partial charge in [0.2, 0.25) is 0 Å². The summed E-state index contributed by atoms with van der Waals surface area (Å²) >= 11 is 0. The van der Waals surface area contributed by atoms with Gasteiger partial charge >= 0.3 is 12.1 Å². The number of esters is 1. The second-order valence-corrected chi connectivity index (χ2v) is 5.81. The van der Waals surface area contributed by atoms with Crippen molar-refractivity contribution in [1.82, 2.24) is 0 Å². The predicted octanol–water partition coefficient (Wildman–Crippen LogP) is 2.81. The molecule has 1 rings (SSSR count). The summed E-state index contributed by atoms with van der Waals surface area (Å²) in [7, 11) is 0. The SMILES string of the molecule is CC(C)(C)OC(=O)[C@]1(C(F)(F)F)CC[C@H](O)CC1. The minimum Gasteiger partial charge on any atom is -0.459 e. The number of aliphatic hydroxyl groups is 1. The van der Waals surface area contributed by atoms with Crippen LogP contribution in [0.5, 0.6) is 0 Å². The van der Waals surface area contributed by atoms with Crippen molar-refractivity contribution in [3.63, 3.8) is 0 Å². The van der Waals surface area contributed by atoms with E-state index in [9.17, 15) is 23.1 Å². The van der Waals surface area contributed by atoms with Gasteiger partial charge in [0.25, 0.3) is 0 Å². The lowest BCUT2D eigenvalue weighted by molar-refractivity contribution is -0.250. The van der Waals surface area contributed by atoms with Crippen LogP contribution < -0.4 is 0 Å². The smallest absolute Gasteiger partial charge is 0.404 e. The van der Waals surface area contributed by atoms with Crippen molar-refractivity contribution in [2.75, 3.05) is 0 Å². The Hall–Kier alpha value is -0.780. The molecule has 0 atom stereocenters. The number of carbonyl (C=O) groups is 1. The predicted molar refractivity (Wildman–Crippen MR) is 58.8 cm³/mol. The van der Waals surface area contributed by atoms with Crippen molar-refractivity contribution < 1.29 is 27.8 Å². The Bertz CT molecular complexity index is 310. The van der Waals surface area contributed by atoms with Crippen LogP contribution >= 0.6 is 0 Å². The van der Waals surface area contributed by atoms with Crippen molar-refractivity contribution in [3.8, 4) is 0 Å². The molecule has 0 aromatic rings. The number of hydrogen-bond acceptors (Lipinski definition) is 3.